The zero-order valence-electron chi connectivity index (χ0n) is 10.3. The van der Waals surface area contributed by atoms with Gasteiger partial charge < -0.3 is 21.1 Å². The molecule has 0 spiro atoms. The number of aromatic nitrogens is 2. The van der Waals surface area contributed by atoms with Gasteiger partial charge in [0.05, 0.1) is 6.04 Å². The molecule has 0 saturated carbocycles. The van der Waals surface area contributed by atoms with E-state index in [0.29, 0.717) is 29.9 Å². The average Bonchev–Trinajstić information content (AvgIpc) is 2.91. The van der Waals surface area contributed by atoms with Crippen LogP contribution in [-0.4, -0.2) is 51.9 Å². The van der Waals surface area contributed by atoms with Crippen molar-refractivity contribution in [3.8, 4) is 0 Å². The molecule has 2 rings (SSSR count). The minimum atomic E-state index is -0.949. The molecule has 1 saturated heterocycles. The van der Waals surface area contributed by atoms with Crippen molar-refractivity contribution in [3.05, 3.63) is 10.2 Å². The number of carbonyl (C=O) groups excluding carboxylic acids is 1. The van der Waals surface area contributed by atoms with Crippen LogP contribution in [0.15, 0.2) is 4.60 Å². The summed E-state index contributed by atoms with van der Waals surface area (Å²) in [6, 6.07) is -0.108. The zero-order valence-corrected chi connectivity index (χ0v) is 11.8. The summed E-state index contributed by atoms with van der Waals surface area (Å²) in [7, 11) is 1.66. The van der Waals surface area contributed by atoms with Crippen LogP contribution in [0.3, 0.4) is 0 Å². The van der Waals surface area contributed by atoms with Crippen LogP contribution in [0.5, 0.6) is 0 Å². The Morgan fingerprint density at radius 2 is 2.26 bits per heavy atom. The third-order valence-electron chi connectivity index (χ3n) is 3.13. The van der Waals surface area contributed by atoms with Crippen molar-refractivity contribution in [2.24, 2.45) is 5.73 Å². The molecule has 1 aliphatic heterocycles. The van der Waals surface area contributed by atoms with Crippen molar-refractivity contribution in [1.29, 1.82) is 0 Å². The van der Waals surface area contributed by atoms with E-state index in [1.54, 1.807) is 11.7 Å². The molecule has 0 radical (unpaired) electrons. The first-order valence-electron chi connectivity index (χ1n) is 5.69. The highest BCUT2D eigenvalue weighted by atomic mass is 79.9. The summed E-state index contributed by atoms with van der Waals surface area (Å²) in [6.07, 6.45) is -0.303. The maximum atomic E-state index is 11.4. The molecule has 8 nitrogen and oxygen atoms in total. The van der Waals surface area contributed by atoms with Gasteiger partial charge in [-0.15, -0.1) is 0 Å². The molecule has 2 amide bonds. The van der Waals surface area contributed by atoms with E-state index in [-0.39, 0.29) is 11.6 Å². The topological polar surface area (TPSA) is 113 Å². The largest absolute Gasteiger partial charge is 0.465 e. The molecule has 19 heavy (non-hydrogen) atoms. The fourth-order valence-electron chi connectivity index (χ4n) is 2.24. The number of carboxylic acid groups (broad SMARTS) is 1. The van der Waals surface area contributed by atoms with Gasteiger partial charge in [-0.3, -0.25) is 4.79 Å². The number of amides is 2. The number of anilines is 1. The Morgan fingerprint density at radius 1 is 1.58 bits per heavy atom. The van der Waals surface area contributed by atoms with Crippen molar-refractivity contribution in [2.45, 2.75) is 12.5 Å². The summed E-state index contributed by atoms with van der Waals surface area (Å²) >= 11 is 3.20. The van der Waals surface area contributed by atoms with Gasteiger partial charge in [-0.1, -0.05) is 0 Å². The second kappa shape index (κ2) is 5.08. The summed E-state index contributed by atoms with van der Waals surface area (Å²) < 4.78 is 1.98. The zero-order chi connectivity index (χ0) is 14.2. The number of nitrogens with one attached hydrogen (secondary N) is 1. The highest BCUT2D eigenvalue weighted by Gasteiger charge is 2.31. The van der Waals surface area contributed by atoms with E-state index in [9.17, 15) is 9.59 Å². The number of rotatable bonds is 3. The molecule has 104 valence electrons. The lowest BCUT2D eigenvalue weighted by atomic mass is 10.2. The van der Waals surface area contributed by atoms with Crippen LogP contribution in [0.25, 0.3) is 0 Å². The highest BCUT2D eigenvalue weighted by Crippen LogP contribution is 2.30. The van der Waals surface area contributed by atoms with E-state index >= 15 is 0 Å². The lowest BCUT2D eigenvalue weighted by Crippen LogP contribution is -2.27. The molecule has 1 aromatic heterocycles. The van der Waals surface area contributed by atoms with Gasteiger partial charge in [0.1, 0.15) is 16.0 Å². The number of hydrogen-bond acceptors (Lipinski definition) is 4. The Labute approximate surface area is 117 Å². The monoisotopic (exact) mass is 331 g/mol. The predicted molar refractivity (Wildman–Crippen MR) is 71.2 cm³/mol. The maximum absolute atomic E-state index is 11.4. The summed E-state index contributed by atoms with van der Waals surface area (Å²) in [4.78, 5) is 23.6. The van der Waals surface area contributed by atoms with Crippen LogP contribution in [0.2, 0.25) is 0 Å². The van der Waals surface area contributed by atoms with Crippen molar-refractivity contribution < 1.29 is 14.7 Å². The predicted octanol–water partition coefficient (Wildman–Crippen LogP) is 0.711. The summed E-state index contributed by atoms with van der Waals surface area (Å²) in [5, 5.41) is 16.1. The van der Waals surface area contributed by atoms with Crippen molar-refractivity contribution >= 4 is 33.7 Å². The second-order valence-corrected chi connectivity index (χ2v) is 5.00. The quantitative estimate of drug-likeness (QED) is 0.754. The molecular weight excluding hydrogens is 318 g/mol. The Bertz CT molecular complexity index is 529. The minimum absolute atomic E-state index is 0.108. The molecule has 4 N–H and O–H groups in total. The molecule has 2 heterocycles. The standard InChI is InChI=1S/C10H14BrN5O3/c1-13-9-6(8(12)17)7(11)14-16(9)5-2-3-15(4-5)10(18)19/h5,13H,2-4H2,1H3,(H2,12,17)(H,18,19). The van der Waals surface area contributed by atoms with Crippen LogP contribution in [-0.2, 0) is 0 Å². The van der Waals surface area contributed by atoms with Crippen LogP contribution in [0, 0.1) is 0 Å². The number of likely N-dealkylation sites (tertiary alicyclic amines) is 1. The van der Waals surface area contributed by atoms with E-state index in [1.807, 2.05) is 0 Å². The molecule has 1 aromatic rings. The Kier molecular flexibility index (Phi) is 3.65. The summed E-state index contributed by atoms with van der Waals surface area (Å²) in [5.74, 6) is -0.0906. The maximum Gasteiger partial charge on any atom is 0.407 e. The van der Waals surface area contributed by atoms with Crippen molar-refractivity contribution in [1.82, 2.24) is 14.7 Å². The van der Waals surface area contributed by atoms with Crippen LogP contribution in [0.1, 0.15) is 22.8 Å². The van der Waals surface area contributed by atoms with Crippen LogP contribution in [0.4, 0.5) is 10.6 Å². The number of hydrogen-bond donors (Lipinski definition) is 3. The van der Waals surface area contributed by atoms with Gasteiger partial charge in [0.2, 0.25) is 0 Å². The van der Waals surface area contributed by atoms with Gasteiger partial charge in [0, 0.05) is 20.1 Å². The third-order valence-corrected chi connectivity index (χ3v) is 3.69. The van der Waals surface area contributed by atoms with E-state index in [4.69, 9.17) is 10.8 Å². The Morgan fingerprint density at radius 3 is 2.74 bits per heavy atom. The van der Waals surface area contributed by atoms with Gasteiger partial charge in [0.15, 0.2) is 0 Å². The van der Waals surface area contributed by atoms with Crippen LogP contribution >= 0.6 is 15.9 Å². The number of nitrogens with two attached hydrogens (primary N) is 1. The van der Waals surface area contributed by atoms with Crippen LogP contribution < -0.4 is 11.1 Å². The van der Waals surface area contributed by atoms with Gasteiger partial charge in [0.25, 0.3) is 5.91 Å². The van der Waals surface area contributed by atoms with Gasteiger partial charge in [-0.05, 0) is 22.4 Å². The second-order valence-electron chi connectivity index (χ2n) is 4.24. The smallest absolute Gasteiger partial charge is 0.407 e. The van der Waals surface area contributed by atoms with E-state index in [2.05, 4.69) is 26.3 Å². The van der Waals surface area contributed by atoms with E-state index < -0.39 is 12.0 Å². The summed E-state index contributed by atoms with van der Waals surface area (Å²) in [6.45, 7) is 0.795. The molecular formula is C10H14BrN5O3. The fourth-order valence-corrected chi connectivity index (χ4v) is 2.80. The average molecular weight is 332 g/mol. The van der Waals surface area contributed by atoms with Gasteiger partial charge >= 0.3 is 6.09 Å². The first-order valence-corrected chi connectivity index (χ1v) is 6.48. The molecule has 0 aromatic carbocycles. The van der Waals surface area contributed by atoms with Gasteiger partial charge in [-0.2, -0.15) is 5.10 Å². The van der Waals surface area contributed by atoms with E-state index in [0.717, 1.165) is 0 Å². The first kappa shape index (κ1) is 13.7. The lowest BCUT2D eigenvalue weighted by molar-refractivity contribution is 0.1000. The number of nitrogens with zero attached hydrogens (tertiary/aromatic N) is 3. The number of halogens is 1. The minimum Gasteiger partial charge on any atom is -0.465 e. The summed E-state index contributed by atoms with van der Waals surface area (Å²) in [5.41, 5.74) is 5.59. The molecule has 1 aliphatic rings. The first-order chi connectivity index (χ1) is 8.95. The van der Waals surface area contributed by atoms with Crippen molar-refractivity contribution in [3.63, 3.8) is 0 Å². The van der Waals surface area contributed by atoms with Gasteiger partial charge in [-0.25, -0.2) is 9.48 Å². The molecule has 1 fully saturated rings. The molecule has 1 atom stereocenters. The molecule has 1 unspecified atom stereocenters. The lowest BCUT2D eigenvalue weighted by Gasteiger charge is -2.15. The van der Waals surface area contributed by atoms with E-state index in [1.165, 1.54) is 4.90 Å². The third kappa shape index (κ3) is 2.37. The normalized spacial score (nSPS) is 18.6. The number of primary amides is 1. The molecule has 9 heteroatoms. The Balaban J connectivity index is 2.34. The molecule has 0 aliphatic carbocycles. The fraction of sp³-hybridized carbons (Fsp3) is 0.500. The molecule has 0 bridgehead atoms. The SMILES string of the molecule is CNc1c(C(N)=O)c(Br)nn1C1CCN(C(=O)O)C1. The van der Waals surface area contributed by atoms with Crippen molar-refractivity contribution in [2.75, 3.05) is 25.5 Å². The Hall–Kier alpha value is -1.77. The number of carbonyl (C=O) groups is 2. The highest BCUT2D eigenvalue weighted by molar-refractivity contribution is 9.10.